The number of amides is 1. The summed E-state index contributed by atoms with van der Waals surface area (Å²) in [6, 6.07) is 0. The number of nitrogens with one attached hydrogen (secondary N) is 2. The molecule has 1 amide bonds. The highest BCUT2D eigenvalue weighted by Gasteiger charge is 2.16. The third-order valence-electron chi connectivity index (χ3n) is 2.42. The fourth-order valence-corrected chi connectivity index (χ4v) is 2.26. The van der Waals surface area contributed by atoms with Gasteiger partial charge >= 0.3 is 0 Å². The van der Waals surface area contributed by atoms with E-state index in [1.54, 1.807) is 0 Å². The predicted octanol–water partition coefficient (Wildman–Crippen LogP) is 0.905. The van der Waals surface area contributed by atoms with Crippen molar-refractivity contribution >= 4 is 28.2 Å². The average Bonchev–Trinajstić information content (AvgIpc) is 2.68. The van der Waals surface area contributed by atoms with Gasteiger partial charge in [0.1, 0.15) is 10.7 Å². The molecule has 5 N–H and O–H groups in total. The van der Waals surface area contributed by atoms with E-state index in [1.807, 2.05) is 13.8 Å². The Labute approximate surface area is 111 Å². The van der Waals surface area contributed by atoms with Crippen molar-refractivity contribution in [3.05, 3.63) is 4.88 Å². The third kappa shape index (κ3) is 4.15. The highest BCUT2D eigenvalue weighted by Crippen LogP contribution is 2.24. The lowest BCUT2D eigenvalue weighted by Gasteiger charge is -2.10. The Morgan fingerprint density at radius 3 is 2.94 bits per heavy atom. The Morgan fingerprint density at radius 2 is 2.33 bits per heavy atom. The molecule has 0 aliphatic rings. The van der Waals surface area contributed by atoms with E-state index < -0.39 is 0 Å². The van der Waals surface area contributed by atoms with Crippen LogP contribution in [-0.4, -0.2) is 35.7 Å². The zero-order valence-corrected chi connectivity index (χ0v) is 11.5. The number of thiazole rings is 1. The Bertz CT molecular complexity index is 394. The molecule has 0 aliphatic heterocycles. The maximum atomic E-state index is 11.9. The summed E-state index contributed by atoms with van der Waals surface area (Å²) < 4.78 is 0. The van der Waals surface area contributed by atoms with Crippen molar-refractivity contribution in [2.45, 2.75) is 20.3 Å². The summed E-state index contributed by atoms with van der Waals surface area (Å²) in [6.07, 6.45) is 0.668. The van der Waals surface area contributed by atoms with Gasteiger partial charge in [-0.3, -0.25) is 4.79 Å². The Morgan fingerprint density at radius 1 is 1.61 bits per heavy atom. The van der Waals surface area contributed by atoms with E-state index in [1.165, 1.54) is 11.3 Å². The van der Waals surface area contributed by atoms with Crippen molar-refractivity contribution < 1.29 is 9.90 Å². The van der Waals surface area contributed by atoms with Gasteiger partial charge in [-0.1, -0.05) is 18.3 Å². The zero-order chi connectivity index (χ0) is 13.5. The second-order valence-corrected chi connectivity index (χ2v) is 5.09. The average molecular weight is 272 g/mol. The van der Waals surface area contributed by atoms with E-state index in [9.17, 15) is 4.79 Å². The number of nitrogens with zero attached hydrogens (tertiary/aromatic N) is 1. The molecule has 1 atom stereocenters. The van der Waals surface area contributed by atoms with Gasteiger partial charge in [-0.05, 0) is 19.3 Å². The van der Waals surface area contributed by atoms with Crippen molar-refractivity contribution in [3.8, 4) is 0 Å². The summed E-state index contributed by atoms with van der Waals surface area (Å²) in [5.41, 5.74) is 5.70. The molecule has 6 nitrogen and oxygen atoms in total. The maximum Gasteiger partial charge on any atom is 0.265 e. The molecule has 0 radical (unpaired) electrons. The molecular formula is C11H20N4O2S. The normalized spacial score (nSPS) is 12.2. The minimum absolute atomic E-state index is 0.129. The van der Waals surface area contributed by atoms with Crippen LogP contribution in [0.4, 0.5) is 10.9 Å². The fraction of sp³-hybridized carbons (Fsp3) is 0.636. The van der Waals surface area contributed by atoms with Gasteiger partial charge in [-0.15, -0.1) is 0 Å². The molecule has 1 aromatic rings. The number of anilines is 2. The molecule has 0 saturated carbocycles. The van der Waals surface area contributed by atoms with Gasteiger partial charge in [0.25, 0.3) is 5.91 Å². The van der Waals surface area contributed by atoms with Gasteiger partial charge in [0.15, 0.2) is 5.13 Å². The number of aromatic nitrogens is 1. The Kier molecular flexibility index (Phi) is 5.87. The minimum Gasteiger partial charge on any atom is -0.396 e. The van der Waals surface area contributed by atoms with E-state index in [-0.39, 0.29) is 24.2 Å². The minimum atomic E-state index is -0.209. The smallest absolute Gasteiger partial charge is 0.265 e. The second-order valence-electron chi connectivity index (χ2n) is 4.09. The van der Waals surface area contributed by atoms with Crippen LogP contribution in [0.25, 0.3) is 0 Å². The summed E-state index contributed by atoms with van der Waals surface area (Å²) in [6.45, 7) is 5.31. The molecule has 7 heteroatoms. The first kappa shape index (κ1) is 14.7. The number of aliphatic hydroxyl groups is 1. The van der Waals surface area contributed by atoms with Crippen LogP contribution in [0, 0.1) is 5.92 Å². The van der Waals surface area contributed by atoms with Gasteiger partial charge in [0.2, 0.25) is 0 Å². The monoisotopic (exact) mass is 272 g/mol. The van der Waals surface area contributed by atoms with Crippen molar-refractivity contribution in [1.82, 2.24) is 10.3 Å². The summed E-state index contributed by atoms with van der Waals surface area (Å²) in [5, 5.41) is 15.2. The summed E-state index contributed by atoms with van der Waals surface area (Å²) in [5.74, 6) is 0.281. The second kappa shape index (κ2) is 7.17. The number of nitrogens with two attached hydrogens (primary N) is 1. The van der Waals surface area contributed by atoms with E-state index >= 15 is 0 Å². The Balaban J connectivity index is 2.55. The molecule has 1 aromatic heterocycles. The molecule has 0 saturated heterocycles. The van der Waals surface area contributed by atoms with E-state index in [2.05, 4.69) is 15.6 Å². The van der Waals surface area contributed by atoms with Crippen molar-refractivity contribution in [3.63, 3.8) is 0 Å². The topological polar surface area (TPSA) is 100 Å². The van der Waals surface area contributed by atoms with E-state index in [0.717, 1.165) is 6.54 Å². The number of nitrogen functional groups attached to an aromatic ring is 1. The largest absolute Gasteiger partial charge is 0.396 e. The number of hydrogen-bond acceptors (Lipinski definition) is 6. The van der Waals surface area contributed by atoms with Crippen molar-refractivity contribution in [2.75, 3.05) is 30.7 Å². The number of aliphatic hydroxyl groups excluding tert-OH is 1. The molecule has 102 valence electrons. The first-order valence-electron chi connectivity index (χ1n) is 5.97. The van der Waals surface area contributed by atoms with Crippen LogP contribution in [0.2, 0.25) is 0 Å². The Hall–Kier alpha value is -1.34. The molecule has 1 unspecified atom stereocenters. The lowest BCUT2D eigenvalue weighted by Crippen LogP contribution is -2.28. The van der Waals surface area contributed by atoms with Gasteiger partial charge < -0.3 is 21.5 Å². The number of carbonyl (C=O) groups is 1. The maximum absolute atomic E-state index is 11.9. The molecule has 0 spiro atoms. The zero-order valence-electron chi connectivity index (χ0n) is 10.7. The highest BCUT2D eigenvalue weighted by molar-refractivity contribution is 7.18. The van der Waals surface area contributed by atoms with Gasteiger partial charge in [0.05, 0.1) is 0 Å². The lowest BCUT2D eigenvalue weighted by molar-refractivity contribution is 0.0950. The predicted molar refractivity (Wildman–Crippen MR) is 73.9 cm³/mol. The SMILES string of the molecule is CCNc1nc(N)c(C(=O)NCC(C)CCO)s1. The standard InChI is InChI=1S/C11H20N4O2S/c1-3-13-11-15-9(12)8(18-11)10(17)14-6-7(2)4-5-16/h7,16H,3-6,12H2,1-2H3,(H,13,15)(H,14,17). The molecule has 1 heterocycles. The molecule has 1 rings (SSSR count). The molecule has 0 fully saturated rings. The molecule has 0 bridgehead atoms. The fourth-order valence-electron chi connectivity index (χ4n) is 1.39. The first-order chi connectivity index (χ1) is 8.58. The molecule has 18 heavy (non-hydrogen) atoms. The van der Waals surface area contributed by atoms with Gasteiger partial charge in [-0.25, -0.2) is 4.98 Å². The third-order valence-corrected chi connectivity index (χ3v) is 3.45. The van der Waals surface area contributed by atoms with Crippen LogP contribution >= 0.6 is 11.3 Å². The van der Waals surface area contributed by atoms with E-state index in [4.69, 9.17) is 10.8 Å². The number of hydrogen-bond donors (Lipinski definition) is 4. The first-order valence-corrected chi connectivity index (χ1v) is 6.79. The summed E-state index contributed by atoms with van der Waals surface area (Å²) >= 11 is 1.25. The molecule has 0 aromatic carbocycles. The van der Waals surface area contributed by atoms with Crippen molar-refractivity contribution in [1.29, 1.82) is 0 Å². The van der Waals surface area contributed by atoms with Crippen LogP contribution in [0.1, 0.15) is 29.9 Å². The quantitative estimate of drug-likeness (QED) is 0.591. The number of rotatable bonds is 7. The van der Waals surface area contributed by atoms with Crippen LogP contribution in [0.3, 0.4) is 0 Å². The van der Waals surface area contributed by atoms with E-state index in [0.29, 0.717) is 23.0 Å². The molecular weight excluding hydrogens is 252 g/mol. The van der Waals surface area contributed by atoms with Crippen LogP contribution in [0.5, 0.6) is 0 Å². The van der Waals surface area contributed by atoms with Crippen LogP contribution < -0.4 is 16.4 Å². The lowest BCUT2D eigenvalue weighted by atomic mass is 10.1. The molecule has 0 aliphatic carbocycles. The summed E-state index contributed by atoms with van der Waals surface area (Å²) in [4.78, 5) is 16.4. The number of carbonyl (C=O) groups excluding carboxylic acids is 1. The van der Waals surface area contributed by atoms with Crippen molar-refractivity contribution in [2.24, 2.45) is 5.92 Å². The van der Waals surface area contributed by atoms with Crippen LogP contribution in [-0.2, 0) is 0 Å². The van der Waals surface area contributed by atoms with Gasteiger partial charge in [0, 0.05) is 19.7 Å². The van der Waals surface area contributed by atoms with Gasteiger partial charge in [-0.2, -0.15) is 0 Å². The highest BCUT2D eigenvalue weighted by atomic mass is 32.1. The summed E-state index contributed by atoms with van der Waals surface area (Å²) in [7, 11) is 0. The van der Waals surface area contributed by atoms with Crippen LogP contribution in [0.15, 0.2) is 0 Å².